The van der Waals surface area contributed by atoms with Gasteiger partial charge in [0.15, 0.2) is 0 Å². The summed E-state index contributed by atoms with van der Waals surface area (Å²) in [6, 6.07) is 16.3. The minimum atomic E-state index is -1.13. The van der Waals surface area contributed by atoms with Gasteiger partial charge in [-0.05, 0) is 47.9 Å². The van der Waals surface area contributed by atoms with Crippen LogP contribution in [0.4, 0.5) is 4.79 Å². The zero-order chi connectivity index (χ0) is 19.9. The third-order valence-electron chi connectivity index (χ3n) is 6.16. The number of carboxylic acid groups (broad SMARTS) is 1. The number of benzene rings is 2. The Morgan fingerprint density at radius 2 is 1.61 bits per heavy atom. The molecule has 0 atom stereocenters. The summed E-state index contributed by atoms with van der Waals surface area (Å²) in [7, 11) is 0. The van der Waals surface area contributed by atoms with E-state index in [2.05, 4.69) is 24.3 Å². The van der Waals surface area contributed by atoms with Crippen molar-refractivity contribution in [1.82, 2.24) is 4.90 Å². The molecule has 0 spiro atoms. The lowest BCUT2D eigenvalue weighted by molar-refractivity contribution is -0.160. The van der Waals surface area contributed by atoms with E-state index in [0.29, 0.717) is 25.3 Å². The highest BCUT2D eigenvalue weighted by atomic mass is 16.6. The van der Waals surface area contributed by atoms with E-state index in [1.165, 1.54) is 16.0 Å². The van der Waals surface area contributed by atoms with Gasteiger partial charge < -0.3 is 9.84 Å². The minimum Gasteiger partial charge on any atom is -0.479 e. The fourth-order valence-electron chi connectivity index (χ4n) is 4.88. The molecule has 2 aliphatic carbocycles. The molecular weight excluding hydrogens is 354 g/mol. The van der Waals surface area contributed by atoms with Crippen LogP contribution in [0.1, 0.15) is 43.7 Å². The number of ether oxygens (including phenoxy) is 1. The van der Waals surface area contributed by atoms with Crippen molar-refractivity contribution in [3.05, 3.63) is 59.7 Å². The van der Waals surface area contributed by atoms with E-state index < -0.39 is 17.6 Å². The first-order valence-corrected chi connectivity index (χ1v) is 9.84. The van der Waals surface area contributed by atoms with Crippen LogP contribution in [0, 0.1) is 5.92 Å². The van der Waals surface area contributed by atoms with Gasteiger partial charge >= 0.3 is 12.1 Å². The molecule has 0 bridgehead atoms. The summed E-state index contributed by atoms with van der Waals surface area (Å²) < 4.78 is 5.68. The highest BCUT2D eigenvalue weighted by Gasteiger charge is 2.55. The van der Waals surface area contributed by atoms with E-state index in [1.807, 2.05) is 31.2 Å². The van der Waals surface area contributed by atoms with Gasteiger partial charge in [-0.1, -0.05) is 55.5 Å². The van der Waals surface area contributed by atoms with Crippen LogP contribution in [0.5, 0.6) is 0 Å². The molecule has 0 unspecified atom stereocenters. The number of fused-ring (bicyclic) bond motifs is 3. The van der Waals surface area contributed by atoms with E-state index in [-0.39, 0.29) is 12.5 Å². The molecule has 5 nitrogen and oxygen atoms in total. The number of hydrogen-bond donors (Lipinski definition) is 1. The van der Waals surface area contributed by atoms with Crippen LogP contribution in [0.3, 0.4) is 0 Å². The van der Waals surface area contributed by atoms with Gasteiger partial charge in [-0.25, -0.2) is 9.59 Å². The van der Waals surface area contributed by atoms with E-state index in [9.17, 15) is 14.7 Å². The van der Waals surface area contributed by atoms with Crippen LogP contribution < -0.4 is 0 Å². The summed E-state index contributed by atoms with van der Waals surface area (Å²) in [5.74, 6) is -0.677. The monoisotopic (exact) mass is 379 g/mol. The molecule has 1 amide bonds. The van der Waals surface area contributed by atoms with Crippen LogP contribution >= 0.6 is 0 Å². The Morgan fingerprint density at radius 1 is 1.07 bits per heavy atom. The maximum Gasteiger partial charge on any atom is 0.410 e. The topological polar surface area (TPSA) is 66.8 Å². The van der Waals surface area contributed by atoms with Crippen molar-refractivity contribution in [2.24, 2.45) is 5.92 Å². The molecule has 4 rings (SSSR count). The van der Waals surface area contributed by atoms with E-state index >= 15 is 0 Å². The Bertz CT molecular complexity index is 871. The van der Waals surface area contributed by atoms with Crippen LogP contribution in [0.15, 0.2) is 48.5 Å². The second kappa shape index (κ2) is 6.97. The molecule has 0 saturated heterocycles. The first-order chi connectivity index (χ1) is 13.5. The number of carbonyl (C=O) groups is 2. The second-order valence-electron chi connectivity index (χ2n) is 7.90. The Kier molecular flexibility index (Phi) is 4.61. The van der Waals surface area contributed by atoms with Crippen molar-refractivity contribution < 1.29 is 19.4 Å². The van der Waals surface area contributed by atoms with Gasteiger partial charge in [0.05, 0.1) is 0 Å². The molecule has 2 aromatic carbocycles. The van der Waals surface area contributed by atoms with Crippen molar-refractivity contribution in [2.45, 2.75) is 38.1 Å². The fourth-order valence-corrected chi connectivity index (χ4v) is 4.88. The van der Waals surface area contributed by atoms with Crippen LogP contribution in [-0.2, 0) is 9.53 Å². The molecule has 2 aliphatic rings. The van der Waals surface area contributed by atoms with Gasteiger partial charge in [0.2, 0.25) is 0 Å². The third kappa shape index (κ3) is 2.77. The number of amides is 1. The number of rotatable bonds is 5. The van der Waals surface area contributed by atoms with E-state index in [0.717, 1.165) is 11.1 Å². The molecule has 28 heavy (non-hydrogen) atoms. The predicted molar refractivity (Wildman–Crippen MR) is 106 cm³/mol. The smallest absolute Gasteiger partial charge is 0.410 e. The largest absolute Gasteiger partial charge is 0.479 e. The second-order valence-corrected chi connectivity index (χ2v) is 7.90. The van der Waals surface area contributed by atoms with Gasteiger partial charge in [-0.2, -0.15) is 0 Å². The van der Waals surface area contributed by atoms with Crippen molar-refractivity contribution in [3.63, 3.8) is 0 Å². The molecule has 1 N–H and O–H groups in total. The van der Waals surface area contributed by atoms with Gasteiger partial charge in [0.25, 0.3) is 0 Å². The average molecular weight is 379 g/mol. The first-order valence-electron chi connectivity index (χ1n) is 9.84. The molecule has 1 saturated carbocycles. The molecule has 2 aromatic rings. The summed E-state index contributed by atoms with van der Waals surface area (Å²) in [6.07, 6.45) is 0.402. The number of carbonyl (C=O) groups excluding carboxylic acids is 1. The molecule has 0 aromatic heterocycles. The molecule has 1 fully saturated rings. The van der Waals surface area contributed by atoms with Gasteiger partial charge in [-0.3, -0.25) is 4.90 Å². The third-order valence-corrected chi connectivity index (χ3v) is 6.16. The highest BCUT2D eigenvalue weighted by Crippen LogP contribution is 2.45. The lowest BCUT2D eigenvalue weighted by atomic mass is 9.68. The Balaban J connectivity index is 1.54. The SMILES string of the molecule is CCN(C(=O)OCC1c2ccccc2-c2ccccc21)C1(C(=O)O)CC(C)C1. The number of nitrogens with zero attached hydrogens (tertiary/aromatic N) is 1. The number of likely N-dealkylation sites (N-methyl/N-ethyl adjacent to an activating group) is 1. The predicted octanol–water partition coefficient (Wildman–Crippen LogP) is 4.51. The quantitative estimate of drug-likeness (QED) is 0.830. The van der Waals surface area contributed by atoms with Gasteiger partial charge in [0, 0.05) is 12.5 Å². The maximum atomic E-state index is 12.8. The summed E-state index contributed by atoms with van der Waals surface area (Å²) >= 11 is 0. The molecular formula is C23H25NO4. The van der Waals surface area contributed by atoms with Crippen LogP contribution in [-0.4, -0.2) is 40.8 Å². The number of aliphatic carboxylic acids is 1. The Labute approximate surface area is 164 Å². The molecule has 5 heteroatoms. The van der Waals surface area contributed by atoms with Crippen molar-refractivity contribution in [2.75, 3.05) is 13.2 Å². The standard InChI is InChI=1S/C23H25NO4/c1-3-24(23(21(25)26)12-15(2)13-23)22(27)28-14-20-18-10-6-4-8-16(18)17-9-5-7-11-19(17)20/h4-11,15,20H,3,12-14H2,1-2H3,(H,25,26). The number of carboxylic acids is 1. The van der Waals surface area contributed by atoms with Crippen LogP contribution in [0.2, 0.25) is 0 Å². The Morgan fingerprint density at radius 3 is 2.07 bits per heavy atom. The summed E-state index contributed by atoms with van der Waals surface area (Å²) in [5.41, 5.74) is 3.49. The van der Waals surface area contributed by atoms with Crippen LogP contribution in [0.25, 0.3) is 11.1 Å². The van der Waals surface area contributed by atoms with E-state index in [1.54, 1.807) is 6.92 Å². The fraction of sp³-hybridized carbons (Fsp3) is 0.391. The molecule has 0 radical (unpaired) electrons. The summed E-state index contributed by atoms with van der Waals surface area (Å²) in [5, 5.41) is 9.74. The minimum absolute atomic E-state index is 0.0313. The molecule has 0 aliphatic heterocycles. The summed E-state index contributed by atoms with van der Waals surface area (Å²) in [6.45, 7) is 4.33. The first kappa shape index (κ1) is 18.5. The van der Waals surface area contributed by atoms with Crippen molar-refractivity contribution in [3.8, 4) is 11.1 Å². The molecule has 146 valence electrons. The van der Waals surface area contributed by atoms with Gasteiger partial charge in [0.1, 0.15) is 12.1 Å². The Hall–Kier alpha value is -2.82. The lowest BCUT2D eigenvalue weighted by Gasteiger charge is -2.49. The van der Waals surface area contributed by atoms with Crippen molar-refractivity contribution >= 4 is 12.1 Å². The molecule has 0 heterocycles. The number of hydrogen-bond acceptors (Lipinski definition) is 3. The lowest BCUT2D eigenvalue weighted by Crippen LogP contribution is -2.63. The summed E-state index contributed by atoms with van der Waals surface area (Å²) in [4.78, 5) is 26.1. The maximum absolute atomic E-state index is 12.8. The average Bonchev–Trinajstić information content (AvgIpc) is 2.99. The highest BCUT2D eigenvalue weighted by molar-refractivity contribution is 5.86. The normalized spacial score (nSPS) is 22.7. The zero-order valence-electron chi connectivity index (χ0n) is 16.2. The van der Waals surface area contributed by atoms with Crippen molar-refractivity contribution in [1.29, 1.82) is 0 Å². The van der Waals surface area contributed by atoms with Gasteiger partial charge in [-0.15, -0.1) is 0 Å². The zero-order valence-corrected chi connectivity index (χ0v) is 16.2. The van der Waals surface area contributed by atoms with E-state index in [4.69, 9.17) is 4.74 Å².